The van der Waals surface area contributed by atoms with Gasteiger partial charge in [0.2, 0.25) is 0 Å². The Morgan fingerprint density at radius 1 is 1.25 bits per heavy atom. The second-order valence-corrected chi connectivity index (χ2v) is 5.33. The minimum absolute atomic E-state index is 0.385. The maximum atomic E-state index is 11.7. The Labute approximate surface area is 118 Å². The molecule has 0 amide bonds. The predicted octanol–water partition coefficient (Wildman–Crippen LogP) is 2.53. The number of cyclic esters (lactones) is 2. The Morgan fingerprint density at radius 3 is 2.40 bits per heavy atom. The molecule has 0 aromatic carbocycles. The highest BCUT2D eigenvalue weighted by Gasteiger charge is 2.33. The van der Waals surface area contributed by atoms with Gasteiger partial charge in [0.15, 0.2) is 0 Å². The van der Waals surface area contributed by atoms with Crippen molar-refractivity contribution in [1.82, 2.24) is 4.57 Å². The van der Waals surface area contributed by atoms with Crippen molar-refractivity contribution in [2.75, 3.05) is 0 Å². The Bertz CT molecular complexity index is 656. The number of allylic oxidation sites excluding steroid dienone is 2. The van der Waals surface area contributed by atoms with Crippen LogP contribution in [0, 0.1) is 13.8 Å². The van der Waals surface area contributed by atoms with Crippen LogP contribution in [-0.2, 0) is 27.8 Å². The first-order valence-corrected chi connectivity index (χ1v) is 6.59. The van der Waals surface area contributed by atoms with E-state index < -0.39 is 11.9 Å². The number of carbonyl (C=O) groups is 2. The lowest BCUT2D eigenvalue weighted by atomic mass is 10.0. The van der Waals surface area contributed by atoms with Gasteiger partial charge in [0.1, 0.15) is 0 Å². The Hall–Kier alpha value is -2.10. The maximum absolute atomic E-state index is 11.7. The first kappa shape index (κ1) is 14.3. The number of aryl methyl sites for hydroxylation is 1. The van der Waals surface area contributed by atoms with E-state index in [1.807, 2.05) is 20.9 Å². The Balaban J connectivity index is 2.35. The van der Waals surface area contributed by atoms with Crippen LogP contribution in [0.2, 0.25) is 0 Å². The van der Waals surface area contributed by atoms with Gasteiger partial charge in [-0.15, -0.1) is 0 Å². The Kier molecular flexibility index (Phi) is 3.66. The zero-order valence-electron chi connectivity index (χ0n) is 12.5. The smallest absolute Gasteiger partial charge is 0.346 e. The summed E-state index contributed by atoms with van der Waals surface area (Å²) in [7, 11) is 2.01. The molecule has 0 aliphatic carbocycles. The van der Waals surface area contributed by atoms with E-state index in [9.17, 15) is 9.59 Å². The van der Waals surface area contributed by atoms with Crippen LogP contribution in [0.5, 0.6) is 0 Å². The first-order chi connectivity index (χ1) is 9.32. The second kappa shape index (κ2) is 5.12. The van der Waals surface area contributed by atoms with Crippen LogP contribution < -0.4 is 0 Å². The van der Waals surface area contributed by atoms with Gasteiger partial charge in [-0.2, -0.15) is 0 Å². The molecule has 0 saturated carbocycles. The molecular formula is C16H19NO3. The molecular weight excluding hydrogens is 254 g/mol. The average molecular weight is 273 g/mol. The molecule has 0 radical (unpaired) electrons. The highest BCUT2D eigenvalue weighted by atomic mass is 16.6. The highest BCUT2D eigenvalue weighted by Crippen LogP contribution is 2.26. The fraction of sp³-hybridized carbons (Fsp3) is 0.375. The third-order valence-electron chi connectivity index (χ3n) is 3.78. The van der Waals surface area contributed by atoms with Crippen LogP contribution in [0.15, 0.2) is 28.9 Å². The molecule has 1 fully saturated rings. The predicted molar refractivity (Wildman–Crippen MR) is 76.1 cm³/mol. The van der Waals surface area contributed by atoms with Crippen molar-refractivity contribution < 1.29 is 14.3 Å². The molecule has 1 aliphatic rings. The minimum Gasteiger partial charge on any atom is -0.386 e. The zero-order chi connectivity index (χ0) is 15.0. The van der Waals surface area contributed by atoms with Gasteiger partial charge in [-0.05, 0) is 45.7 Å². The number of hydrogen-bond donors (Lipinski definition) is 0. The molecule has 0 unspecified atom stereocenters. The number of nitrogens with zero attached hydrogens (tertiary/aromatic N) is 1. The summed E-state index contributed by atoms with van der Waals surface area (Å²) in [5, 5.41) is 0. The summed E-state index contributed by atoms with van der Waals surface area (Å²) in [4.78, 5) is 23.4. The summed E-state index contributed by atoms with van der Waals surface area (Å²) in [5.74, 6) is -1.08. The minimum atomic E-state index is -0.545. The second-order valence-electron chi connectivity index (χ2n) is 5.33. The number of esters is 2. The van der Waals surface area contributed by atoms with Crippen LogP contribution in [-0.4, -0.2) is 16.5 Å². The van der Waals surface area contributed by atoms with E-state index >= 15 is 0 Å². The molecule has 0 spiro atoms. The van der Waals surface area contributed by atoms with E-state index in [-0.39, 0.29) is 0 Å². The molecule has 1 aliphatic heterocycles. The lowest BCUT2D eigenvalue weighted by molar-refractivity contribution is -0.149. The molecule has 0 N–H and O–H groups in total. The van der Waals surface area contributed by atoms with Gasteiger partial charge in [-0.3, -0.25) is 0 Å². The van der Waals surface area contributed by atoms with Crippen LogP contribution in [0.1, 0.15) is 30.8 Å². The summed E-state index contributed by atoms with van der Waals surface area (Å²) in [5.41, 5.74) is 5.07. The standard InChI is InChI=1S/C16H19NO3/c1-9(2)14-13(15(18)20-16(14)19)7-6-12-8-10(3)17(5)11(12)4/h7-8H,6H2,1-5H3. The largest absolute Gasteiger partial charge is 0.386 e. The summed E-state index contributed by atoms with van der Waals surface area (Å²) in [6, 6.07) is 2.09. The summed E-state index contributed by atoms with van der Waals surface area (Å²) >= 11 is 0. The first-order valence-electron chi connectivity index (χ1n) is 6.59. The van der Waals surface area contributed by atoms with Gasteiger partial charge < -0.3 is 9.30 Å². The van der Waals surface area contributed by atoms with E-state index in [1.54, 1.807) is 19.9 Å². The molecule has 0 atom stereocenters. The average Bonchev–Trinajstić information content (AvgIpc) is 2.78. The fourth-order valence-corrected chi connectivity index (χ4v) is 2.41. The van der Waals surface area contributed by atoms with Crippen LogP contribution in [0.25, 0.3) is 0 Å². The van der Waals surface area contributed by atoms with Crippen LogP contribution >= 0.6 is 0 Å². The van der Waals surface area contributed by atoms with Gasteiger partial charge in [-0.1, -0.05) is 11.6 Å². The fourth-order valence-electron chi connectivity index (χ4n) is 2.41. The van der Waals surface area contributed by atoms with Gasteiger partial charge >= 0.3 is 11.9 Å². The molecule has 1 aromatic rings. The summed E-state index contributed by atoms with van der Waals surface area (Å²) in [6.45, 7) is 7.70. The molecule has 2 rings (SSSR count). The lowest BCUT2D eigenvalue weighted by Crippen LogP contribution is -1.98. The molecule has 1 saturated heterocycles. The normalized spacial score (nSPS) is 17.1. The number of carbonyl (C=O) groups excluding carboxylic acids is 2. The van der Waals surface area contributed by atoms with E-state index in [2.05, 4.69) is 15.4 Å². The molecule has 4 nitrogen and oxygen atoms in total. The molecule has 4 heteroatoms. The van der Waals surface area contributed by atoms with E-state index in [0.29, 0.717) is 17.6 Å². The molecule has 2 heterocycles. The van der Waals surface area contributed by atoms with Crippen molar-refractivity contribution in [1.29, 1.82) is 0 Å². The quantitative estimate of drug-likeness (QED) is 0.472. The van der Waals surface area contributed by atoms with Crippen LogP contribution in [0.4, 0.5) is 0 Å². The highest BCUT2D eigenvalue weighted by molar-refractivity contribution is 6.18. The van der Waals surface area contributed by atoms with Gasteiger partial charge in [0.25, 0.3) is 0 Å². The topological polar surface area (TPSA) is 48.3 Å². The van der Waals surface area contributed by atoms with Crippen molar-refractivity contribution in [2.45, 2.75) is 34.1 Å². The molecule has 106 valence electrons. The number of aromatic nitrogens is 1. The number of ether oxygens (including phenoxy) is 1. The third kappa shape index (κ3) is 2.33. The van der Waals surface area contributed by atoms with Gasteiger partial charge in [-0.25, -0.2) is 9.59 Å². The maximum Gasteiger partial charge on any atom is 0.346 e. The monoisotopic (exact) mass is 273 g/mol. The molecule has 20 heavy (non-hydrogen) atoms. The van der Waals surface area contributed by atoms with Crippen molar-refractivity contribution in [3.8, 4) is 0 Å². The zero-order valence-corrected chi connectivity index (χ0v) is 12.5. The van der Waals surface area contributed by atoms with Gasteiger partial charge in [0.05, 0.1) is 11.1 Å². The summed E-state index contributed by atoms with van der Waals surface area (Å²) in [6.07, 6.45) is 2.40. The molecule has 0 bridgehead atoms. The number of rotatable bonds is 2. The third-order valence-corrected chi connectivity index (χ3v) is 3.78. The summed E-state index contributed by atoms with van der Waals surface area (Å²) < 4.78 is 6.79. The van der Waals surface area contributed by atoms with Crippen molar-refractivity contribution in [3.05, 3.63) is 45.8 Å². The van der Waals surface area contributed by atoms with Gasteiger partial charge in [0, 0.05) is 18.4 Å². The van der Waals surface area contributed by atoms with Crippen molar-refractivity contribution in [2.24, 2.45) is 7.05 Å². The van der Waals surface area contributed by atoms with Crippen molar-refractivity contribution >= 4 is 11.9 Å². The lowest BCUT2D eigenvalue weighted by Gasteiger charge is -2.01. The van der Waals surface area contributed by atoms with Crippen molar-refractivity contribution in [3.63, 3.8) is 0 Å². The SMILES string of the molecule is CC(C)=C1C(=O)OC(=O)C1=CCc1cc(C)n(C)c1C. The van der Waals surface area contributed by atoms with E-state index in [1.165, 1.54) is 5.69 Å². The number of hydrogen-bond acceptors (Lipinski definition) is 3. The van der Waals surface area contributed by atoms with E-state index in [4.69, 9.17) is 0 Å². The van der Waals surface area contributed by atoms with Crippen LogP contribution in [0.3, 0.4) is 0 Å². The molecule has 1 aromatic heterocycles. The van der Waals surface area contributed by atoms with E-state index in [0.717, 1.165) is 16.8 Å². The Morgan fingerprint density at radius 2 is 1.90 bits per heavy atom.